The Labute approximate surface area is 217 Å². The number of methoxy groups -OCH3 is 1. The summed E-state index contributed by atoms with van der Waals surface area (Å²) in [5, 5.41) is 5.06. The second-order valence-electron chi connectivity index (χ2n) is 9.51. The van der Waals surface area contributed by atoms with Gasteiger partial charge in [-0.15, -0.1) is 12.4 Å². The zero-order valence-electron chi connectivity index (χ0n) is 20.5. The molecule has 5 nitrogen and oxygen atoms in total. The van der Waals surface area contributed by atoms with Crippen molar-refractivity contribution in [3.63, 3.8) is 0 Å². The van der Waals surface area contributed by atoms with Gasteiger partial charge in [-0.25, -0.2) is 4.39 Å². The molecule has 2 aliphatic heterocycles. The van der Waals surface area contributed by atoms with Crippen molar-refractivity contribution in [3.8, 4) is 5.75 Å². The zero-order valence-corrected chi connectivity index (χ0v) is 21.3. The van der Waals surface area contributed by atoms with Gasteiger partial charge >= 0.3 is 0 Å². The number of rotatable bonds is 5. The monoisotopic (exact) mass is 506 g/mol. The van der Waals surface area contributed by atoms with Crippen LogP contribution in [-0.4, -0.2) is 49.7 Å². The maximum atomic E-state index is 13.3. The lowest BCUT2D eigenvalue weighted by atomic mass is 9.93. The van der Waals surface area contributed by atoms with Gasteiger partial charge in [-0.3, -0.25) is 4.90 Å². The minimum Gasteiger partial charge on any atom is -0.496 e. The lowest BCUT2D eigenvalue weighted by Gasteiger charge is -2.36. The van der Waals surface area contributed by atoms with E-state index < -0.39 is 0 Å². The van der Waals surface area contributed by atoms with Crippen molar-refractivity contribution in [2.45, 2.75) is 19.0 Å². The SMILES string of the molecule is COc1ccc(C2NCCc3c2[nH]c2ccccc32)cc1CN1CCN(c2ccc(F)cc2)CC1.Cl. The summed E-state index contributed by atoms with van der Waals surface area (Å²) >= 11 is 0. The fourth-order valence-electron chi connectivity index (χ4n) is 5.62. The van der Waals surface area contributed by atoms with Gasteiger partial charge in [0.1, 0.15) is 11.6 Å². The van der Waals surface area contributed by atoms with E-state index in [-0.39, 0.29) is 24.3 Å². The van der Waals surface area contributed by atoms with Crippen molar-refractivity contribution < 1.29 is 9.13 Å². The summed E-state index contributed by atoms with van der Waals surface area (Å²) in [4.78, 5) is 8.49. The molecule has 1 atom stereocenters. The van der Waals surface area contributed by atoms with Crippen LogP contribution in [0.25, 0.3) is 10.9 Å². The number of hydrogen-bond acceptors (Lipinski definition) is 4. The van der Waals surface area contributed by atoms with Crippen LogP contribution in [0.3, 0.4) is 0 Å². The number of piperazine rings is 1. The molecular formula is C29H32ClFN4O. The van der Waals surface area contributed by atoms with Gasteiger partial charge in [-0.1, -0.05) is 24.3 Å². The van der Waals surface area contributed by atoms with Crippen LogP contribution in [0, 0.1) is 5.82 Å². The number of ether oxygens (including phenoxy) is 1. The molecule has 3 aromatic carbocycles. The number of hydrogen-bond donors (Lipinski definition) is 2. The number of halogens is 2. The normalized spacial score (nSPS) is 18.1. The quantitative estimate of drug-likeness (QED) is 0.386. The van der Waals surface area contributed by atoms with E-state index in [0.717, 1.165) is 57.1 Å². The third-order valence-corrected chi connectivity index (χ3v) is 7.45. The number of fused-ring (bicyclic) bond motifs is 3. The van der Waals surface area contributed by atoms with E-state index in [1.165, 1.54) is 45.4 Å². The van der Waals surface area contributed by atoms with Crippen LogP contribution in [0.1, 0.15) is 28.4 Å². The Hall–Kier alpha value is -3.06. The first kappa shape index (κ1) is 24.6. The van der Waals surface area contributed by atoms with E-state index in [1.54, 1.807) is 7.11 Å². The standard InChI is InChI=1S/C29H31FN4O.ClH/c1-35-27-11-6-20(28-29-25(12-13-31-28)24-4-2-3-5-26(24)32-29)18-21(27)19-33-14-16-34(17-15-33)23-9-7-22(30)8-10-23;/h2-11,18,28,31-32H,12-17,19H2,1H3;1H. The fraction of sp³-hybridized carbons (Fsp3) is 0.310. The summed E-state index contributed by atoms with van der Waals surface area (Å²) in [6.45, 7) is 5.58. The molecule has 1 fully saturated rings. The van der Waals surface area contributed by atoms with E-state index in [4.69, 9.17) is 4.74 Å². The Balaban J connectivity index is 0.00000267. The largest absolute Gasteiger partial charge is 0.496 e. The van der Waals surface area contributed by atoms with Crippen LogP contribution in [-0.2, 0) is 13.0 Å². The highest BCUT2D eigenvalue weighted by Gasteiger charge is 2.26. The number of H-pyrrole nitrogens is 1. The van der Waals surface area contributed by atoms with Crippen molar-refractivity contribution in [2.75, 3.05) is 44.7 Å². The van der Waals surface area contributed by atoms with E-state index in [1.807, 2.05) is 12.1 Å². The van der Waals surface area contributed by atoms with Crippen LogP contribution in [0.2, 0.25) is 0 Å². The second-order valence-corrected chi connectivity index (χ2v) is 9.51. The second kappa shape index (κ2) is 10.5. The van der Waals surface area contributed by atoms with Gasteiger partial charge in [0.2, 0.25) is 0 Å². The number of benzene rings is 3. The third kappa shape index (κ3) is 4.69. The number of nitrogens with zero attached hydrogens (tertiary/aromatic N) is 2. The number of aromatic amines is 1. The van der Waals surface area contributed by atoms with E-state index in [2.05, 4.69) is 62.6 Å². The van der Waals surface area contributed by atoms with Crippen molar-refractivity contribution in [2.24, 2.45) is 0 Å². The van der Waals surface area contributed by atoms with Crippen LogP contribution in [0.4, 0.5) is 10.1 Å². The Morgan fingerprint density at radius 1 is 0.972 bits per heavy atom. The van der Waals surface area contributed by atoms with Crippen LogP contribution >= 0.6 is 12.4 Å². The smallest absolute Gasteiger partial charge is 0.123 e. The fourth-order valence-corrected chi connectivity index (χ4v) is 5.62. The van der Waals surface area contributed by atoms with E-state index >= 15 is 0 Å². The number of anilines is 1. The molecular weight excluding hydrogens is 475 g/mol. The first-order valence-electron chi connectivity index (χ1n) is 12.4. The van der Waals surface area contributed by atoms with Gasteiger partial charge in [0.15, 0.2) is 0 Å². The maximum absolute atomic E-state index is 13.3. The summed E-state index contributed by atoms with van der Waals surface area (Å²) in [6.07, 6.45) is 1.04. The Bertz CT molecular complexity index is 1330. The molecule has 6 rings (SSSR count). The molecule has 2 N–H and O–H groups in total. The molecule has 7 heteroatoms. The number of aromatic nitrogens is 1. The predicted octanol–water partition coefficient (Wildman–Crippen LogP) is 5.29. The average Bonchev–Trinajstić information content (AvgIpc) is 3.29. The summed E-state index contributed by atoms with van der Waals surface area (Å²) in [7, 11) is 1.75. The molecule has 1 unspecified atom stereocenters. The molecule has 1 saturated heterocycles. The average molecular weight is 507 g/mol. The first-order valence-corrected chi connectivity index (χ1v) is 12.4. The molecule has 36 heavy (non-hydrogen) atoms. The molecule has 0 spiro atoms. The zero-order chi connectivity index (χ0) is 23.8. The van der Waals surface area contributed by atoms with E-state index in [0.29, 0.717) is 0 Å². The number of para-hydroxylation sites is 1. The van der Waals surface area contributed by atoms with Crippen molar-refractivity contribution in [1.82, 2.24) is 15.2 Å². The highest BCUT2D eigenvalue weighted by Crippen LogP contribution is 2.35. The summed E-state index contributed by atoms with van der Waals surface area (Å²) in [6, 6.07) is 22.2. The molecule has 188 valence electrons. The molecule has 3 heterocycles. The lowest BCUT2D eigenvalue weighted by Crippen LogP contribution is -2.46. The third-order valence-electron chi connectivity index (χ3n) is 7.45. The minimum atomic E-state index is -0.189. The summed E-state index contributed by atoms with van der Waals surface area (Å²) in [5.74, 6) is 0.744. The van der Waals surface area contributed by atoms with Gasteiger partial charge in [-0.05, 0) is 60.0 Å². The molecule has 1 aromatic heterocycles. The molecule has 0 bridgehead atoms. The van der Waals surface area contributed by atoms with Crippen LogP contribution < -0.4 is 15.0 Å². The highest BCUT2D eigenvalue weighted by atomic mass is 35.5. The van der Waals surface area contributed by atoms with Gasteiger partial charge in [0, 0.05) is 67.1 Å². The van der Waals surface area contributed by atoms with Crippen molar-refractivity contribution in [3.05, 3.63) is 94.9 Å². The van der Waals surface area contributed by atoms with Crippen LogP contribution in [0.5, 0.6) is 5.75 Å². The minimum absolute atomic E-state index is 0. The molecule has 0 radical (unpaired) electrons. The summed E-state index contributed by atoms with van der Waals surface area (Å²) in [5.41, 5.74) is 7.48. The van der Waals surface area contributed by atoms with Crippen molar-refractivity contribution in [1.29, 1.82) is 0 Å². The Morgan fingerprint density at radius 2 is 1.75 bits per heavy atom. The highest BCUT2D eigenvalue weighted by molar-refractivity contribution is 5.85. The first-order chi connectivity index (χ1) is 17.2. The van der Waals surface area contributed by atoms with Gasteiger partial charge in [0.05, 0.1) is 13.2 Å². The van der Waals surface area contributed by atoms with Crippen LogP contribution in [0.15, 0.2) is 66.7 Å². The number of nitrogens with one attached hydrogen (secondary N) is 2. The van der Waals surface area contributed by atoms with Gasteiger partial charge in [-0.2, -0.15) is 0 Å². The predicted molar refractivity (Wildman–Crippen MR) is 146 cm³/mol. The molecule has 0 saturated carbocycles. The topological polar surface area (TPSA) is 43.5 Å². The van der Waals surface area contributed by atoms with E-state index in [9.17, 15) is 4.39 Å². The van der Waals surface area contributed by atoms with Crippen molar-refractivity contribution >= 4 is 29.0 Å². The lowest BCUT2D eigenvalue weighted by molar-refractivity contribution is 0.246. The van der Waals surface area contributed by atoms with Gasteiger partial charge in [0.25, 0.3) is 0 Å². The maximum Gasteiger partial charge on any atom is 0.123 e. The molecule has 2 aliphatic rings. The van der Waals surface area contributed by atoms with Gasteiger partial charge < -0.3 is 19.9 Å². The Kier molecular flexibility index (Phi) is 7.19. The summed E-state index contributed by atoms with van der Waals surface area (Å²) < 4.78 is 19.0. The molecule has 4 aromatic rings. The molecule has 0 amide bonds. The Morgan fingerprint density at radius 3 is 2.53 bits per heavy atom. The molecule has 0 aliphatic carbocycles.